The Hall–Kier alpha value is -1.77. The fourth-order valence-electron chi connectivity index (χ4n) is 1.29. The summed E-state index contributed by atoms with van der Waals surface area (Å²) in [5, 5.41) is 3.88. The average molecular weight is 203 g/mol. The zero-order valence-electron chi connectivity index (χ0n) is 8.86. The Bertz CT molecular complexity index is 404. The number of hydrogen-bond donors (Lipinski definition) is 0. The molecule has 3 heteroatoms. The van der Waals surface area contributed by atoms with Crippen LogP contribution in [0, 0.1) is 0 Å². The normalized spacial score (nSPS) is 17.6. The Morgan fingerprint density at radius 3 is 2.40 bits per heavy atom. The number of nitrogens with zero attached hydrogens (tertiary/aromatic N) is 1. The molecule has 0 atom stereocenters. The Morgan fingerprint density at radius 1 is 1.27 bits per heavy atom. The summed E-state index contributed by atoms with van der Waals surface area (Å²) in [6.07, 6.45) is 1.79. The summed E-state index contributed by atoms with van der Waals surface area (Å²) in [5.74, 6) is -0.137. The van der Waals surface area contributed by atoms with Crippen LogP contribution in [-0.2, 0) is 9.57 Å². The molecule has 0 N–H and O–H groups in total. The van der Waals surface area contributed by atoms with Gasteiger partial charge in [0, 0.05) is 19.4 Å². The molecular formula is C12H13NO2. The van der Waals surface area contributed by atoms with Gasteiger partial charge in [0.2, 0.25) is 0 Å². The topological polar surface area (TPSA) is 30.8 Å². The summed E-state index contributed by atoms with van der Waals surface area (Å²) in [4.78, 5) is 5.11. The van der Waals surface area contributed by atoms with Gasteiger partial charge >= 0.3 is 0 Å². The van der Waals surface area contributed by atoms with Gasteiger partial charge in [-0.05, 0) is 22.9 Å². The zero-order chi connectivity index (χ0) is 10.9. The van der Waals surface area contributed by atoms with Crippen LogP contribution in [0.3, 0.4) is 0 Å². The molecule has 1 aromatic rings. The smallest absolute Gasteiger partial charge is 0.271 e. The van der Waals surface area contributed by atoms with Crippen LogP contribution in [0.2, 0.25) is 0 Å². The largest absolute Gasteiger partial charge is 0.431 e. The van der Waals surface area contributed by atoms with Crippen LogP contribution in [0.4, 0.5) is 0 Å². The van der Waals surface area contributed by atoms with Gasteiger partial charge in [0.05, 0.1) is 0 Å². The molecule has 1 heterocycles. The van der Waals surface area contributed by atoms with Crippen molar-refractivity contribution in [2.24, 2.45) is 5.16 Å². The van der Waals surface area contributed by atoms with Crippen molar-refractivity contribution < 1.29 is 9.57 Å². The lowest BCUT2D eigenvalue weighted by Crippen LogP contribution is -2.22. The van der Waals surface area contributed by atoms with Crippen LogP contribution in [0.5, 0.6) is 0 Å². The maximum atomic E-state index is 5.51. The molecular weight excluding hydrogens is 190 g/mol. The van der Waals surface area contributed by atoms with E-state index in [9.17, 15) is 0 Å². The molecule has 2 rings (SSSR count). The number of hydrogen-bond acceptors (Lipinski definition) is 3. The van der Waals surface area contributed by atoms with E-state index in [-0.39, 0.29) is 0 Å². The fourth-order valence-corrected chi connectivity index (χ4v) is 1.29. The molecule has 0 saturated carbocycles. The van der Waals surface area contributed by atoms with Crippen LogP contribution >= 0.6 is 0 Å². The van der Waals surface area contributed by atoms with E-state index in [2.05, 4.69) is 11.7 Å². The van der Waals surface area contributed by atoms with E-state index < -0.39 is 5.79 Å². The Kier molecular flexibility index (Phi) is 2.23. The standard InChI is InChI=1S/C12H13NO2/c1-4-9-5-7-10(8-6-9)11-13-15-12(2,3)14-11/h4-8H,1H2,2-3H3. The first-order valence-corrected chi connectivity index (χ1v) is 4.79. The summed E-state index contributed by atoms with van der Waals surface area (Å²) in [5.41, 5.74) is 1.98. The van der Waals surface area contributed by atoms with E-state index in [0.29, 0.717) is 5.90 Å². The van der Waals surface area contributed by atoms with Crippen LogP contribution in [0.15, 0.2) is 36.0 Å². The Balaban J connectivity index is 2.21. The van der Waals surface area contributed by atoms with Gasteiger partial charge in [-0.15, -0.1) is 0 Å². The third kappa shape index (κ3) is 2.01. The molecule has 0 unspecified atom stereocenters. The van der Waals surface area contributed by atoms with Crippen molar-refractivity contribution in [2.45, 2.75) is 19.6 Å². The van der Waals surface area contributed by atoms with Crippen LogP contribution in [-0.4, -0.2) is 11.7 Å². The molecule has 0 bridgehead atoms. The van der Waals surface area contributed by atoms with Crippen LogP contribution < -0.4 is 0 Å². The van der Waals surface area contributed by atoms with Crippen molar-refractivity contribution in [3.05, 3.63) is 42.0 Å². The van der Waals surface area contributed by atoms with Gasteiger partial charge in [0.25, 0.3) is 11.7 Å². The minimum Gasteiger partial charge on any atom is -0.431 e. The molecule has 15 heavy (non-hydrogen) atoms. The number of rotatable bonds is 2. The molecule has 78 valence electrons. The molecule has 0 aromatic heterocycles. The van der Waals surface area contributed by atoms with Gasteiger partial charge in [-0.2, -0.15) is 0 Å². The lowest BCUT2D eigenvalue weighted by atomic mass is 10.1. The van der Waals surface area contributed by atoms with Crippen LogP contribution in [0.1, 0.15) is 25.0 Å². The predicted molar refractivity (Wildman–Crippen MR) is 59.3 cm³/mol. The van der Waals surface area contributed by atoms with Gasteiger partial charge in [-0.25, -0.2) is 0 Å². The number of ether oxygens (including phenoxy) is 1. The predicted octanol–water partition coefficient (Wildman–Crippen LogP) is 2.77. The van der Waals surface area contributed by atoms with Gasteiger partial charge in [-0.3, -0.25) is 0 Å². The molecule has 0 amide bonds. The summed E-state index contributed by atoms with van der Waals surface area (Å²) >= 11 is 0. The van der Waals surface area contributed by atoms with Crippen molar-refractivity contribution in [3.63, 3.8) is 0 Å². The molecule has 0 saturated heterocycles. The van der Waals surface area contributed by atoms with Crippen molar-refractivity contribution in [1.29, 1.82) is 0 Å². The van der Waals surface area contributed by atoms with E-state index in [1.165, 1.54) is 0 Å². The van der Waals surface area contributed by atoms with Crippen molar-refractivity contribution >= 4 is 12.0 Å². The second-order valence-corrected chi connectivity index (χ2v) is 3.82. The highest BCUT2D eigenvalue weighted by atomic mass is 16.8. The highest BCUT2D eigenvalue weighted by Crippen LogP contribution is 2.22. The Morgan fingerprint density at radius 2 is 1.93 bits per heavy atom. The average Bonchev–Trinajstić information content (AvgIpc) is 2.59. The van der Waals surface area contributed by atoms with Crippen molar-refractivity contribution in [1.82, 2.24) is 0 Å². The summed E-state index contributed by atoms with van der Waals surface area (Å²) < 4.78 is 5.51. The second-order valence-electron chi connectivity index (χ2n) is 3.82. The molecule has 0 spiro atoms. The van der Waals surface area contributed by atoms with Gasteiger partial charge < -0.3 is 9.57 Å². The summed E-state index contributed by atoms with van der Waals surface area (Å²) in [6.45, 7) is 7.34. The minimum absolute atomic E-state index is 0.524. The SMILES string of the molecule is C=Cc1ccc(C2=NOC(C)(C)O2)cc1. The molecule has 1 aliphatic rings. The molecule has 0 fully saturated rings. The number of oxime groups is 1. The van der Waals surface area contributed by atoms with Crippen molar-refractivity contribution in [3.8, 4) is 0 Å². The van der Waals surface area contributed by atoms with Crippen molar-refractivity contribution in [2.75, 3.05) is 0 Å². The highest BCUT2D eigenvalue weighted by Gasteiger charge is 2.30. The quantitative estimate of drug-likeness (QED) is 0.740. The molecule has 0 aliphatic carbocycles. The highest BCUT2D eigenvalue weighted by molar-refractivity contribution is 5.94. The van der Waals surface area contributed by atoms with E-state index in [4.69, 9.17) is 9.57 Å². The van der Waals surface area contributed by atoms with Gasteiger partial charge in [-0.1, -0.05) is 24.8 Å². The first kappa shape index (κ1) is 9.77. The minimum atomic E-state index is -0.660. The Labute approximate surface area is 89.0 Å². The van der Waals surface area contributed by atoms with Gasteiger partial charge in [0.1, 0.15) is 0 Å². The third-order valence-corrected chi connectivity index (χ3v) is 2.08. The maximum absolute atomic E-state index is 5.51. The van der Waals surface area contributed by atoms with Crippen LogP contribution in [0.25, 0.3) is 6.08 Å². The third-order valence-electron chi connectivity index (χ3n) is 2.08. The monoisotopic (exact) mass is 203 g/mol. The van der Waals surface area contributed by atoms with E-state index >= 15 is 0 Å². The first-order valence-electron chi connectivity index (χ1n) is 4.79. The fraction of sp³-hybridized carbons (Fsp3) is 0.250. The molecule has 0 radical (unpaired) electrons. The molecule has 1 aromatic carbocycles. The van der Waals surface area contributed by atoms with E-state index in [1.54, 1.807) is 6.08 Å². The molecule has 3 nitrogen and oxygen atoms in total. The number of benzene rings is 1. The summed E-state index contributed by atoms with van der Waals surface area (Å²) in [6, 6.07) is 7.78. The van der Waals surface area contributed by atoms with Gasteiger partial charge in [0.15, 0.2) is 0 Å². The second kappa shape index (κ2) is 3.42. The first-order chi connectivity index (χ1) is 7.11. The lowest BCUT2D eigenvalue weighted by molar-refractivity contribution is -0.128. The zero-order valence-corrected chi connectivity index (χ0v) is 8.86. The maximum Gasteiger partial charge on any atom is 0.271 e. The van der Waals surface area contributed by atoms with E-state index in [1.807, 2.05) is 38.1 Å². The molecule has 1 aliphatic heterocycles. The lowest BCUT2D eigenvalue weighted by Gasteiger charge is -2.14. The van der Waals surface area contributed by atoms with E-state index in [0.717, 1.165) is 11.1 Å². The summed E-state index contributed by atoms with van der Waals surface area (Å²) in [7, 11) is 0.